The summed E-state index contributed by atoms with van der Waals surface area (Å²) in [5, 5.41) is 0. The molecule has 0 amide bonds. The third kappa shape index (κ3) is 3.02. The molecule has 0 unspecified atom stereocenters. The number of halogens is 1. The molecular weight excluding hydrogens is 301 g/mol. The second kappa shape index (κ2) is 6.44. The highest BCUT2D eigenvalue weighted by molar-refractivity contribution is 6.09. The van der Waals surface area contributed by atoms with Gasteiger partial charge in [-0.05, 0) is 43.2 Å². The molecule has 0 aliphatic heterocycles. The van der Waals surface area contributed by atoms with Crippen LogP contribution < -0.4 is 0 Å². The molecule has 0 saturated carbocycles. The van der Waals surface area contributed by atoms with Crippen LogP contribution in [0.1, 0.15) is 38.4 Å². The topological polar surface area (TPSA) is 22.0 Å². The van der Waals surface area contributed by atoms with Crippen molar-refractivity contribution < 1.29 is 9.18 Å². The van der Waals surface area contributed by atoms with E-state index in [9.17, 15) is 9.18 Å². The molecule has 24 heavy (non-hydrogen) atoms. The van der Waals surface area contributed by atoms with E-state index in [4.69, 9.17) is 0 Å². The standard InChI is InChI=1S/C21H20FNO/c1-14-8-10-18(15(2)12-14)21(24)20-11-9-17(23(20)3)13-16-6-4-5-7-19(16)22/h4-12H,13H2,1-3H3. The number of carbonyl (C=O) groups excluding carboxylic acids is 1. The zero-order chi connectivity index (χ0) is 17.3. The Labute approximate surface area is 141 Å². The van der Waals surface area contributed by atoms with Crippen molar-refractivity contribution in [3.63, 3.8) is 0 Å². The van der Waals surface area contributed by atoms with Crippen LogP contribution in [-0.4, -0.2) is 10.4 Å². The normalized spacial score (nSPS) is 10.8. The Hall–Kier alpha value is -2.68. The molecule has 2 nitrogen and oxygen atoms in total. The summed E-state index contributed by atoms with van der Waals surface area (Å²) in [6, 6.07) is 16.3. The molecule has 0 aliphatic carbocycles. The zero-order valence-corrected chi connectivity index (χ0v) is 14.1. The van der Waals surface area contributed by atoms with E-state index >= 15 is 0 Å². The van der Waals surface area contributed by atoms with Crippen LogP contribution in [0.15, 0.2) is 54.6 Å². The van der Waals surface area contributed by atoms with Crippen molar-refractivity contribution in [3.05, 3.63) is 94.1 Å². The van der Waals surface area contributed by atoms with E-state index in [2.05, 4.69) is 0 Å². The van der Waals surface area contributed by atoms with Crippen molar-refractivity contribution in [1.82, 2.24) is 4.57 Å². The summed E-state index contributed by atoms with van der Waals surface area (Å²) >= 11 is 0. The van der Waals surface area contributed by atoms with Crippen molar-refractivity contribution in [2.75, 3.05) is 0 Å². The molecular formula is C21H20FNO. The minimum Gasteiger partial charge on any atom is -0.345 e. The van der Waals surface area contributed by atoms with Gasteiger partial charge in [-0.25, -0.2) is 4.39 Å². The van der Waals surface area contributed by atoms with Gasteiger partial charge >= 0.3 is 0 Å². The number of carbonyl (C=O) groups is 1. The summed E-state index contributed by atoms with van der Waals surface area (Å²) in [6.07, 6.45) is 0.462. The number of ketones is 1. The van der Waals surface area contributed by atoms with Crippen LogP contribution in [0.25, 0.3) is 0 Å². The SMILES string of the molecule is Cc1ccc(C(=O)c2ccc(Cc3ccccc3F)n2C)c(C)c1. The molecule has 3 rings (SSSR count). The molecule has 0 saturated heterocycles. The Morgan fingerprint density at radius 2 is 1.79 bits per heavy atom. The predicted molar refractivity (Wildman–Crippen MR) is 94.0 cm³/mol. The Kier molecular flexibility index (Phi) is 4.34. The number of nitrogens with zero attached hydrogens (tertiary/aromatic N) is 1. The Bertz CT molecular complexity index is 908. The molecule has 122 valence electrons. The Morgan fingerprint density at radius 3 is 2.50 bits per heavy atom. The van der Waals surface area contributed by atoms with Gasteiger partial charge in [0.2, 0.25) is 5.78 Å². The third-order valence-electron chi connectivity index (χ3n) is 4.41. The van der Waals surface area contributed by atoms with Gasteiger partial charge in [0.15, 0.2) is 0 Å². The lowest BCUT2D eigenvalue weighted by atomic mass is 10.0. The second-order valence-electron chi connectivity index (χ2n) is 6.18. The van der Waals surface area contributed by atoms with Gasteiger partial charge in [0.05, 0.1) is 5.69 Å². The molecule has 1 aromatic heterocycles. The molecule has 0 atom stereocenters. The Balaban J connectivity index is 1.92. The molecule has 3 heteroatoms. The van der Waals surface area contributed by atoms with Gasteiger partial charge in [-0.15, -0.1) is 0 Å². The van der Waals surface area contributed by atoms with Crippen LogP contribution in [0, 0.1) is 19.7 Å². The number of rotatable bonds is 4. The summed E-state index contributed by atoms with van der Waals surface area (Å²) in [5.41, 5.74) is 4.97. The lowest BCUT2D eigenvalue weighted by molar-refractivity contribution is 0.103. The summed E-state index contributed by atoms with van der Waals surface area (Å²) in [6.45, 7) is 3.96. The fourth-order valence-electron chi connectivity index (χ4n) is 3.00. The highest BCUT2D eigenvalue weighted by atomic mass is 19.1. The lowest BCUT2D eigenvalue weighted by Gasteiger charge is -2.10. The number of benzene rings is 2. The minimum atomic E-state index is -0.221. The number of aryl methyl sites for hydroxylation is 2. The average Bonchev–Trinajstić information content (AvgIpc) is 2.90. The van der Waals surface area contributed by atoms with E-state index in [-0.39, 0.29) is 11.6 Å². The average molecular weight is 321 g/mol. The molecule has 0 aliphatic rings. The van der Waals surface area contributed by atoms with E-state index in [0.717, 1.165) is 16.8 Å². The number of aromatic nitrogens is 1. The molecule has 0 spiro atoms. The van der Waals surface area contributed by atoms with Gasteiger partial charge < -0.3 is 4.57 Å². The van der Waals surface area contributed by atoms with Crippen molar-refractivity contribution in [3.8, 4) is 0 Å². The largest absolute Gasteiger partial charge is 0.345 e. The maximum absolute atomic E-state index is 13.9. The first-order valence-electron chi connectivity index (χ1n) is 7.97. The van der Waals surface area contributed by atoms with Crippen molar-refractivity contribution in [2.24, 2.45) is 7.05 Å². The molecule has 3 aromatic rings. The quantitative estimate of drug-likeness (QED) is 0.644. The Morgan fingerprint density at radius 1 is 1.04 bits per heavy atom. The van der Waals surface area contributed by atoms with Crippen LogP contribution in [0.2, 0.25) is 0 Å². The van der Waals surface area contributed by atoms with Crippen LogP contribution in [-0.2, 0) is 13.5 Å². The van der Waals surface area contributed by atoms with E-state index in [0.29, 0.717) is 23.2 Å². The number of hydrogen-bond acceptors (Lipinski definition) is 1. The van der Waals surface area contributed by atoms with Gasteiger partial charge in [0.25, 0.3) is 0 Å². The molecule has 0 fully saturated rings. The summed E-state index contributed by atoms with van der Waals surface area (Å²) in [7, 11) is 1.85. The zero-order valence-electron chi connectivity index (χ0n) is 14.1. The number of hydrogen-bond donors (Lipinski definition) is 0. The first-order chi connectivity index (χ1) is 11.5. The first-order valence-corrected chi connectivity index (χ1v) is 7.97. The molecule has 0 N–H and O–H groups in total. The first kappa shape index (κ1) is 16.2. The van der Waals surface area contributed by atoms with Crippen molar-refractivity contribution in [1.29, 1.82) is 0 Å². The highest BCUT2D eigenvalue weighted by Gasteiger charge is 2.17. The van der Waals surface area contributed by atoms with Gasteiger partial charge in [-0.1, -0.05) is 42.0 Å². The smallest absolute Gasteiger partial charge is 0.209 e. The fraction of sp³-hybridized carbons (Fsp3) is 0.190. The van der Waals surface area contributed by atoms with E-state index in [1.807, 2.05) is 61.9 Å². The van der Waals surface area contributed by atoms with Crippen LogP contribution in [0.5, 0.6) is 0 Å². The van der Waals surface area contributed by atoms with E-state index in [1.165, 1.54) is 6.07 Å². The van der Waals surface area contributed by atoms with Gasteiger partial charge in [-0.2, -0.15) is 0 Å². The molecule has 0 radical (unpaired) electrons. The summed E-state index contributed by atoms with van der Waals surface area (Å²) in [4.78, 5) is 12.8. The van der Waals surface area contributed by atoms with Gasteiger partial charge in [0, 0.05) is 24.7 Å². The van der Waals surface area contributed by atoms with Gasteiger partial charge in [-0.3, -0.25) is 4.79 Å². The third-order valence-corrected chi connectivity index (χ3v) is 4.41. The van der Waals surface area contributed by atoms with E-state index < -0.39 is 0 Å². The van der Waals surface area contributed by atoms with Crippen molar-refractivity contribution in [2.45, 2.75) is 20.3 Å². The van der Waals surface area contributed by atoms with E-state index in [1.54, 1.807) is 12.1 Å². The highest BCUT2D eigenvalue weighted by Crippen LogP contribution is 2.20. The summed E-state index contributed by atoms with van der Waals surface area (Å²) in [5.74, 6) is -0.226. The predicted octanol–water partition coefficient (Wildman–Crippen LogP) is 4.60. The fourth-order valence-corrected chi connectivity index (χ4v) is 3.00. The maximum Gasteiger partial charge on any atom is 0.209 e. The lowest BCUT2D eigenvalue weighted by Crippen LogP contribution is -2.11. The van der Waals surface area contributed by atoms with Crippen LogP contribution in [0.3, 0.4) is 0 Å². The van der Waals surface area contributed by atoms with Gasteiger partial charge in [0.1, 0.15) is 5.82 Å². The molecule has 2 aromatic carbocycles. The van der Waals surface area contributed by atoms with Crippen molar-refractivity contribution >= 4 is 5.78 Å². The monoisotopic (exact) mass is 321 g/mol. The maximum atomic E-state index is 13.9. The molecule has 0 bridgehead atoms. The second-order valence-corrected chi connectivity index (χ2v) is 6.18. The van der Waals surface area contributed by atoms with Crippen LogP contribution in [0.4, 0.5) is 4.39 Å². The van der Waals surface area contributed by atoms with Crippen LogP contribution >= 0.6 is 0 Å². The minimum absolute atomic E-state index is 0.00483. The molecule has 1 heterocycles. The summed E-state index contributed by atoms with van der Waals surface area (Å²) < 4.78 is 15.7.